The normalized spacial score (nSPS) is 10.6. The Morgan fingerprint density at radius 2 is 2.21 bits per heavy atom. The summed E-state index contributed by atoms with van der Waals surface area (Å²) in [7, 11) is 0. The maximum absolute atomic E-state index is 11.4. The van der Waals surface area contributed by atoms with Crippen LogP contribution in [0, 0.1) is 0 Å². The lowest BCUT2D eigenvalue weighted by molar-refractivity contribution is -0.142. The number of ether oxygens (including phenoxy) is 1. The fraction of sp³-hybridized carbons (Fsp3) is 0.231. The summed E-state index contributed by atoms with van der Waals surface area (Å²) in [5.74, 6) is -1.31. The number of hydrogen-bond acceptors (Lipinski definition) is 3. The van der Waals surface area contributed by atoms with E-state index in [2.05, 4.69) is 5.32 Å². The molecule has 0 saturated carbocycles. The third kappa shape index (κ3) is 7.23. The van der Waals surface area contributed by atoms with E-state index in [4.69, 9.17) is 21.4 Å². The first-order valence-corrected chi connectivity index (χ1v) is 5.97. The summed E-state index contributed by atoms with van der Waals surface area (Å²) in [4.78, 5) is 21.5. The highest BCUT2D eigenvalue weighted by molar-refractivity contribution is 6.30. The van der Waals surface area contributed by atoms with Crippen molar-refractivity contribution in [1.29, 1.82) is 0 Å². The minimum Gasteiger partial charge on any atom is -0.480 e. The number of hydrogen-bond donors (Lipinski definition) is 2. The summed E-state index contributed by atoms with van der Waals surface area (Å²) in [6, 6.07) is 7.10. The summed E-state index contributed by atoms with van der Waals surface area (Å²) in [5, 5.41) is 11.5. The second kappa shape index (κ2) is 8.29. The van der Waals surface area contributed by atoms with Crippen molar-refractivity contribution in [3.8, 4) is 0 Å². The van der Waals surface area contributed by atoms with Gasteiger partial charge in [-0.2, -0.15) is 0 Å². The molecular formula is C13H14ClNO4. The molecule has 1 aromatic carbocycles. The summed E-state index contributed by atoms with van der Waals surface area (Å²) < 4.78 is 4.77. The molecule has 0 aliphatic carbocycles. The van der Waals surface area contributed by atoms with Gasteiger partial charge < -0.3 is 15.2 Å². The van der Waals surface area contributed by atoms with Gasteiger partial charge in [-0.25, -0.2) is 4.79 Å². The highest BCUT2D eigenvalue weighted by atomic mass is 35.5. The first kappa shape index (κ1) is 15.2. The van der Waals surface area contributed by atoms with Crippen LogP contribution in [-0.2, 0) is 14.3 Å². The minimum absolute atomic E-state index is 0.156. The van der Waals surface area contributed by atoms with Crippen molar-refractivity contribution >= 4 is 29.6 Å². The third-order valence-electron chi connectivity index (χ3n) is 2.05. The number of rotatable bonds is 7. The van der Waals surface area contributed by atoms with Gasteiger partial charge in [-0.05, 0) is 23.8 Å². The van der Waals surface area contributed by atoms with E-state index < -0.39 is 5.97 Å². The Morgan fingerprint density at radius 1 is 1.42 bits per heavy atom. The van der Waals surface area contributed by atoms with Crippen LogP contribution in [0.2, 0.25) is 5.02 Å². The molecule has 0 bridgehead atoms. The maximum atomic E-state index is 11.4. The van der Waals surface area contributed by atoms with Gasteiger partial charge in [0.25, 0.3) is 0 Å². The predicted molar refractivity (Wildman–Crippen MR) is 72.0 cm³/mol. The molecule has 1 aromatic rings. The topological polar surface area (TPSA) is 75.6 Å². The average Bonchev–Trinajstić information content (AvgIpc) is 2.35. The lowest BCUT2D eigenvalue weighted by Crippen LogP contribution is -2.26. The smallest absolute Gasteiger partial charge is 0.329 e. The van der Waals surface area contributed by atoms with Crippen molar-refractivity contribution in [3.05, 3.63) is 40.9 Å². The van der Waals surface area contributed by atoms with E-state index in [0.717, 1.165) is 5.56 Å². The second-order valence-corrected chi connectivity index (χ2v) is 4.06. The Balaban J connectivity index is 2.25. The minimum atomic E-state index is -1.04. The number of amides is 1. The average molecular weight is 284 g/mol. The zero-order valence-corrected chi connectivity index (χ0v) is 10.9. The number of carboxylic acid groups (broad SMARTS) is 1. The molecule has 0 heterocycles. The van der Waals surface area contributed by atoms with Crippen LogP contribution in [0.5, 0.6) is 0 Å². The highest BCUT2D eigenvalue weighted by Gasteiger charge is 1.98. The summed E-state index contributed by atoms with van der Waals surface area (Å²) >= 11 is 5.81. The Morgan fingerprint density at radius 3 is 2.89 bits per heavy atom. The predicted octanol–water partition coefficient (Wildman–Crippen LogP) is 1.57. The molecule has 102 valence electrons. The molecule has 1 amide bonds. The molecule has 0 fully saturated rings. The van der Waals surface area contributed by atoms with Gasteiger partial charge in [-0.3, -0.25) is 4.79 Å². The first-order valence-electron chi connectivity index (χ1n) is 5.59. The third-order valence-corrected chi connectivity index (χ3v) is 2.28. The van der Waals surface area contributed by atoms with Gasteiger partial charge in [0.1, 0.15) is 6.61 Å². The van der Waals surface area contributed by atoms with E-state index in [-0.39, 0.29) is 25.7 Å². The van der Waals surface area contributed by atoms with Gasteiger partial charge in [0.2, 0.25) is 5.91 Å². The molecule has 0 unspecified atom stereocenters. The summed E-state index contributed by atoms with van der Waals surface area (Å²) in [5.41, 5.74) is 0.824. The molecule has 0 atom stereocenters. The number of benzene rings is 1. The van der Waals surface area contributed by atoms with Crippen molar-refractivity contribution in [1.82, 2.24) is 5.32 Å². The van der Waals surface area contributed by atoms with Crippen LogP contribution in [0.1, 0.15) is 5.56 Å². The Hall–Kier alpha value is -1.85. The first-order chi connectivity index (χ1) is 9.08. The van der Waals surface area contributed by atoms with Gasteiger partial charge in [0, 0.05) is 17.6 Å². The molecule has 0 spiro atoms. The van der Waals surface area contributed by atoms with Crippen LogP contribution < -0.4 is 5.32 Å². The number of aliphatic carboxylic acids is 1. The van der Waals surface area contributed by atoms with Gasteiger partial charge >= 0.3 is 5.97 Å². The number of carboxylic acids is 1. The highest BCUT2D eigenvalue weighted by Crippen LogP contribution is 2.11. The van der Waals surface area contributed by atoms with Gasteiger partial charge in [-0.15, -0.1) is 0 Å². The van der Waals surface area contributed by atoms with Crippen molar-refractivity contribution in [2.75, 3.05) is 19.8 Å². The van der Waals surface area contributed by atoms with Crippen molar-refractivity contribution in [2.45, 2.75) is 0 Å². The largest absolute Gasteiger partial charge is 0.480 e. The van der Waals surface area contributed by atoms with Crippen molar-refractivity contribution in [3.63, 3.8) is 0 Å². The molecule has 0 aliphatic rings. The molecular weight excluding hydrogens is 270 g/mol. The molecule has 0 aromatic heterocycles. The molecule has 19 heavy (non-hydrogen) atoms. The van der Waals surface area contributed by atoms with Crippen LogP contribution in [0.25, 0.3) is 6.08 Å². The molecule has 2 N–H and O–H groups in total. The standard InChI is InChI=1S/C13H14ClNO4/c14-11-3-1-2-10(8-11)4-5-12(16)15-6-7-19-9-13(17)18/h1-5,8H,6-7,9H2,(H,15,16)(H,17,18). The molecule has 6 heteroatoms. The fourth-order valence-corrected chi connectivity index (χ4v) is 1.45. The Kier molecular flexibility index (Phi) is 6.63. The maximum Gasteiger partial charge on any atom is 0.329 e. The monoisotopic (exact) mass is 283 g/mol. The molecule has 0 saturated heterocycles. The Bertz CT molecular complexity index is 473. The lowest BCUT2D eigenvalue weighted by Gasteiger charge is -2.02. The van der Waals surface area contributed by atoms with Crippen LogP contribution in [-0.4, -0.2) is 36.7 Å². The van der Waals surface area contributed by atoms with Crippen LogP contribution in [0.15, 0.2) is 30.3 Å². The zero-order valence-electron chi connectivity index (χ0n) is 10.1. The number of carbonyl (C=O) groups excluding carboxylic acids is 1. The van der Waals surface area contributed by atoms with E-state index in [9.17, 15) is 9.59 Å². The summed E-state index contributed by atoms with van der Waals surface area (Å²) in [6.45, 7) is 0.0449. The molecule has 1 rings (SSSR count). The molecule has 0 aliphatic heterocycles. The van der Waals surface area contributed by atoms with E-state index in [0.29, 0.717) is 5.02 Å². The van der Waals surface area contributed by atoms with E-state index >= 15 is 0 Å². The van der Waals surface area contributed by atoms with E-state index in [1.165, 1.54) is 6.08 Å². The number of carbonyl (C=O) groups is 2. The Labute approximate surface area is 115 Å². The lowest BCUT2D eigenvalue weighted by atomic mass is 10.2. The molecule has 0 radical (unpaired) electrons. The van der Waals surface area contributed by atoms with Gasteiger partial charge in [-0.1, -0.05) is 23.7 Å². The van der Waals surface area contributed by atoms with Crippen LogP contribution in [0.4, 0.5) is 0 Å². The fourth-order valence-electron chi connectivity index (χ4n) is 1.25. The number of halogens is 1. The summed E-state index contributed by atoms with van der Waals surface area (Å²) in [6.07, 6.45) is 3.02. The number of nitrogens with one attached hydrogen (secondary N) is 1. The van der Waals surface area contributed by atoms with Crippen molar-refractivity contribution in [2.24, 2.45) is 0 Å². The van der Waals surface area contributed by atoms with Crippen molar-refractivity contribution < 1.29 is 19.4 Å². The van der Waals surface area contributed by atoms with Crippen LogP contribution >= 0.6 is 11.6 Å². The van der Waals surface area contributed by atoms with Gasteiger partial charge in [0.15, 0.2) is 0 Å². The quantitative estimate of drug-likeness (QED) is 0.588. The second-order valence-electron chi connectivity index (χ2n) is 3.63. The SMILES string of the molecule is O=C(O)COCCNC(=O)C=Cc1cccc(Cl)c1. The molecule has 5 nitrogen and oxygen atoms in total. The van der Waals surface area contributed by atoms with Crippen LogP contribution in [0.3, 0.4) is 0 Å². The van der Waals surface area contributed by atoms with Gasteiger partial charge in [0.05, 0.1) is 6.61 Å². The zero-order chi connectivity index (χ0) is 14.1. The van der Waals surface area contributed by atoms with E-state index in [1.807, 2.05) is 6.07 Å². The van der Waals surface area contributed by atoms with E-state index in [1.54, 1.807) is 24.3 Å².